The second-order valence-corrected chi connectivity index (χ2v) is 8.33. The molecule has 2 aromatic rings. The van der Waals surface area contributed by atoms with Crippen molar-refractivity contribution in [2.24, 2.45) is 4.99 Å². The van der Waals surface area contributed by atoms with Crippen LogP contribution in [0.2, 0.25) is 0 Å². The number of amides is 1. The van der Waals surface area contributed by atoms with Crippen LogP contribution in [-0.4, -0.2) is 50.0 Å². The van der Waals surface area contributed by atoms with E-state index in [-0.39, 0.29) is 35.9 Å². The number of benzene rings is 1. The number of nitrogens with zero attached hydrogens (tertiary/aromatic N) is 3. The van der Waals surface area contributed by atoms with E-state index in [1.807, 2.05) is 30.0 Å². The molecule has 0 bridgehead atoms. The minimum atomic E-state index is 0. The minimum Gasteiger partial charge on any atom is -0.465 e. The first-order valence-corrected chi connectivity index (χ1v) is 11.3. The molecule has 4 rings (SSSR count). The van der Waals surface area contributed by atoms with Gasteiger partial charge in [0.05, 0.1) is 6.04 Å². The monoisotopic (exact) mass is 551 g/mol. The molecule has 3 heterocycles. The van der Waals surface area contributed by atoms with Gasteiger partial charge in [0.25, 0.3) is 0 Å². The number of carbonyl (C=O) groups is 1. The van der Waals surface area contributed by atoms with Gasteiger partial charge in [0, 0.05) is 38.8 Å². The number of carbonyl (C=O) groups excluding carboxylic acids is 1. The normalized spacial score (nSPS) is 18.0. The molecular weight excluding hydrogens is 517 g/mol. The third-order valence-corrected chi connectivity index (χ3v) is 6.14. The molecule has 1 aromatic carbocycles. The molecule has 2 aliphatic heterocycles. The van der Waals surface area contributed by atoms with Gasteiger partial charge in [0.15, 0.2) is 5.96 Å². The molecule has 1 atom stereocenters. The number of hydrogen-bond donors (Lipinski definition) is 2. The van der Waals surface area contributed by atoms with E-state index < -0.39 is 0 Å². The molecule has 0 radical (unpaired) electrons. The Labute approximate surface area is 207 Å². The highest BCUT2D eigenvalue weighted by atomic mass is 127. The van der Waals surface area contributed by atoms with Gasteiger partial charge in [-0.2, -0.15) is 0 Å². The molecule has 0 aliphatic carbocycles. The zero-order valence-corrected chi connectivity index (χ0v) is 21.3. The summed E-state index contributed by atoms with van der Waals surface area (Å²) in [5.41, 5.74) is 2.13. The van der Waals surface area contributed by atoms with Crippen molar-refractivity contribution in [2.75, 3.05) is 38.1 Å². The zero-order valence-electron chi connectivity index (χ0n) is 19.0. The molecule has 7 nitrogen and oxygen atoms in total. The standard InChI is InChI=1S/C24H33N5O2.HI/c1-18-7-12-22(31-18)21(28-13-3-4-14-28)17-27-24(25-2)26-16-19-8-10-20(11-9-19)29-15-5-6-23(29)30;/h7-12,21H,3-6,13-17H2,1-2H3,(H2,25,26,27);1H. The fraction of sp³-hybridized carbons (Fsp3) is 0.500. The lowest BCUT2D eigenvalue weighted by molar-refractivity contribution is -0.117. The van der Waals surface area contributed by atoms with Crippen LogP contribution in [0.4, 0.5) is 5.69 Å². The molecule has 2 saturated heterocycles. The Morgan fingerprint density at radius 1 is 1.06 bits per heavy atom. The number of rotatable bonds is 7. The number of aryl methyl sites for hydroxylation is 1. The van der Waals surface area contributed by atoms with E-state index in [1.165, 1.54) is 12.8 Å². The first-order chi connectivity index (χ1) is 15.1. The van der Waals surface area contributed by atoms with E-state index in [9.17, 15) is 4.79 Å². The molecule has 0 spiro atoms. The zero-order chi connectivity index (χ0) is 21.6. The number of hydrogen-bond acceptors (Lipinski definition) is 4. The molecule has 1 aromatic heterocycles. The number of likely N-dealkylation sites (tertiary alicyclic amines) is 1. The van der Waals surface area contributed by atoms with Gasteiger partial charge in [0.2, 0.25) is 5.91 Å². The average Bonchev–Trinajstić information content (AvgIpc) is 3.54. The number of nitrogens with one attached hydrogen (secondary N) is 2. The smallest absolute Gasteiger partial charge is 0.227 e. The third-order valence-electron chi connectivity index (χ3n) is 6.14. The topological polar surface area (TPSA) is 73.1 Å². The van der Waals surface area contributed by atoms with Gasteiger partial charge in [-0.15, -0.1) is 24.0 Å². The van der Waals surface area contributed by atoms with Crippen LogP contribution < -0.4 is 15.5 Å². The van der Waals surface area contributed by atoms with Gasteiger partial charge in [-0.3, -0.25) is 14.7 Å². The lowest BCUT2D eigenvalue weighted by Gasteiger charge is -2.26. The quantitative estimate of drug-likeness (QED) is 0.311. The summed E-state index contributed by atoms with van der Waals surface area (Å²) in [6.07, 6.45) is 4.08. The first kappa shape index (κ1) is 24.6. The Balaban J connectivity index is 0.00000289. The van der Waals surface area contributed by atoms with Crippen LogP contribution in [0.5, 0.6) is 0 Å². The summed E-state index contributed by atoms with van der Waals surface area (Å²) < 4.78 is 5.94. The van der Waals surface area contributed by atoms with Crippen LogP contribution in [0.25, 0.3) is 0 Å². The van der Waals surface area contributed by atoms with Crippen molar-refractivity contribution in [2.45, 2.75) is 45.2 Å². The van der Waals surface area contributed by atoms with Gasteiger partial charge in [-0.25, -0.2) is 0 Å². The van der Waals surface area contributed by atoms with Crippen LogP contribution in [0.3, 0.4) is 0 Å². The van der Waals surface area contributed by atoms with Gasteiger partial charge < -0.3 is 20.0 Å². The Morgan fingerprint density at radius 2 is 1.81 bits per heavy atom. The number of anilines is 1. The van der Waals surface area contributed by atoms with Gasteiger partial charge in [-0.05, 0) is 69.1 Å². The van der Waals surface area contributed by atoms with Crippen molar-refractivity contribution >= 4 is 41.5 Å². The molecule has 2 N–H and O–H groups in total. The summed E-state index contributed by atoms with van der Waals surface area (Å²) in [6, 6.07) is 12.5. The highest BCUT2D eigenvalue weighted by molar-refractivity contribution is 14.0. The van der Waals surface area contributed by atoms with Crippen LogP contribution in [-0.2, 0) is 11.3 Å². The predicted molar refractivity (Wildman–Crippen MR) is 139 cm³/mol. The lowest BCUT2D eigenvalue weighted by Crippen LogP contribution is -2.42. The van der Waals surface area contributed by atoms with Crippen LogP contribution >= 0.6 is 24.0 Å². The fourth-order valence-electron chi connectivity index (χ4n) is 4.41. The summed E-state index contributed by atoms with van der Waals surface area (Å²) >= 11 is 0. The van der Waals surface area contributed by atoms with Crippen molar-refractivity contribution in [1.29, 1.82) is 0 Å². The first-order valence-electron chi connectivity index (χ1n) is 11.3. The van der Waals surface area contributed by atoms with Crippen molar-refractivity contribution < 1.29 is 9.21 Å². The summed E-state index contributed by atoms with van der Waals surface area (Å²) in [7, 11) is 1.79. The maximum absolute atomic E-state index is 11.9. The molecule has 0 saturated carbocycles. The number of guanidine groups is 1. The molecular formula is C24H34IN5O2. The molecule has 1 unspecified atom stereocenters. The van der Waals surface area contributed by atoms with Crippen LogP contribution in [0.15, 0.2) is 45.8 Å². The second kappa shape index (κ2) is 11.7. The Hall–Kier alpha value is -2.07. The van der Waals surface area contributed by atoms with Gasteiger partial charge in [-0.1, -0.05) is 12.1 Å². The lowest BCUT2D eigenvalue weighted by atomic mass is 10.2. The van der Waals surface area contributed by atoms with Gasteiger partial charge in [0.1, 0.15) is 11.5 Å². The highest BCUT2D eigenvalue weighted by Gasteiger charge is 2.26. The highest BCUT2D eigenvalue weighted by Crippen LogP contribution is 2.26. The van der Waals surface area contributed by atoms with E-state index in [0.717, 1.165) is 61.3 Å². The van der Waals surface area contributed by atoms with Crippen molar-refractivity contribution in [3.8, 4) is 0 Å². The number of aliphatic imine (C=N–C) groups is 1. The average molecular weight is 551 g/mol. The summed E-state index contributed by atoms with van der Waals surface area (Å²) in [5, 5.41) is 6.87. The molecule has 174 valence electrons. The number of halogens is 1. The Morgan fingerprint density at radius 3 is 2.41 bits per heavy atom. The molecule has 2 fully saturated rings. The van der Waals surface area contributed by atoms with Gasteiger partial charge >= 0.3 is 0 Å². The number of furan rings is 1. The van der Waals surface area contributed by atoms with Crippen molar-refractivity contribution in [3.63, 3.8) is 0 Å². The molecule has 8 heteroatoms. The second-order valence-electron chi connectivity index (χ2n) is 8.33. The maximum Gasteiger partial charge on any atom is 0.227 e. The third kappa shape index (κ3) is 6.04. The summed E-state index contributed by atoms with van der Waals surface area (Å²) in [6.45, 7) is 6.42. The van der Waals surface area contributed by atoms with E-state index in [2.05, 4.69) is 38.7 Å². The predicted octanol–water partition coefficient (Wildman–Crippen LogP) is 3.83. The van der Waals surface area contributed by atoms with E-state index in [1.54, 1.807) is 7.05 Å². The van der Waals surface area contributed by atoms with E-state index >= 15 is 0 Å². The SMILES string of the molecule is CN=C(NCc1ccc(N2CCCC2=O)cc1)NCC(c1ccc(C)o1)N1CCCC1.I. The Bertz CT molecular complexity index is 905. The minimum absolute atomic E-state index is 0. The Kier molecular flexibility index (Phi) is 8.98. The molecule has 32 heavy (non-hydrogen) atoms. The summed E-state index contributed by atoms with van der Waals surface area (Å²) in [5.74, 6) is 2.94. The van der Waals surface area contributed by atoms with Crippen LogP contribution in [0.1, 0.15) is 48.8 Å². The molecule has 2 aliphatic rings. The van der Waals surface area contributed by atoms with Crippen molar-refractivity contribution in [1.82, 2.24) is 15.5 Å². The largest absolute Gasteiger partial charge is 0.465 e. The maximum atomic E-state index is 11.9. The molecule has 1 amide bonds. The van der Waals surface area contributed by atoms with E-state index in [0.29, 0.717) is 13.0 Å². The van der Waals surface area contributed by atoms with E-state index in [4.69, 9.17) is 4.42 Å². The summed E-state index contributed by atoms with van der Waals surface area (Å²) in [4.78, 5) is 20.7. The fourth-order valence-corrected chi connectivity index (χ4v) is 4.41. The van der Waals surface area contributed by atoms with Crippen molar-refractivity contribution in [3.05, 3.63) is 53.5 Å². The van der Waals surface area contributed by atoms with Crippen LogP contribution in [0, 0.1) is 6.92 Å².